The second-order valence-electron chi connectivity index (χ2n) is 9.46. The van der Waals surface area contributed by atoms with Crippen LogP contribution in [0, 0.1) is 22.7 Å². The number of hydrogen-bond donors (Lipinski definition) is 0. The third-order valence-electron chi connectivity index (χ3n) is 7.90. The molecule has 1 saturated carbocycles. The summed E-state index contributed by atoms with van der Waals surface area (Å²) >= 11 is 0. The SMILES string of the molecule is COC(=O)c1ccc(OC(C)=O)c(C[C@]2(C)[C@@H](C)CC[C@]3(C)C(C)=CCC[C@@H]23)c1. The van der Waals surface area contributed by atoms with Gasteiger partial charge in [0.2, 0.25) is 0 Å². The third-order valence-corrected chi connectivity index (χ3v) is 7.90. The third kappa shape index (κ3) is 3.86. The molecule has 0 unspecified atom stereocenters. The van der Waals surface area contributed by atoms with Gasteiger partial charge in [0.05, 0.1) is 12.7 Å². The highest BCUT2D eigenvalue weighted by atomic mass is 16.5. The van der Waals surface area contributed by atoms with Crippen LogP contribution in [0.15, 0.2) is 29.8 Å². The molecule has 0 bridgehead atoms. The minimum absolute atomic E-state index is 0.0478. The highest BCUT2D eigenvalue weighted by Crippen LogP contribution is 2.61. The Kier molecular flexibility index (Phi) is 5.93. The number of carbonyl (C=O) groups is 2. The minimum Gasteiger partial charge on any atom is -0.465 e. The maximum absolute atomic E-state index is 12.1. The van der Waals surface area contributed by atoms with Crippen LogP contribution in [0.25, 0.3) is 0 Å². The molecule has 0 aromatic heterocycles. The van der Waals surface area contributed by atoms with Crippen LogP contribution in [-0.2, 0) is 16.0 Å². The van der Waals surface area contributed by atoms with Crippen molar-refractivity contribution in [3.05, 3.63) is 41.0 Å². The van der Waals surface area contributed by atoms with Gasteiger partial charge >= 0.3 is 11.9 Å². The van der Waals surface area contributed by atoms with Gasteiger partial charge in [-0.3, -0.25) is 4.79 Å². The summed E-state index contributed by atoms with van der Waals surface area (Å²) in [6.45, 7) is 10.9. The van der Waals surface area contributed by atoms with Crippen LogP contribution in [0.3, 0.4) is 0 Å². The lowest BCUT2D eigenvalue weighted by Crippen LogP contribution is -2.50. The standard InChI is InChI=1S/C25H34O4/c1-16-8-7-9-22-24(16,4)13-12-17(2)25(22,5)15-20-14-19(23(27)28-6)10-11-21(20)29-18(3)26/h8,10-11,14,17,22H,7,9,12-13,15H2,1-6H3/t17-,22+,24+,25+/m0/s1. The van der Waals surface area contributed by atoms with Crippen LogP contribution in [0.1, 0.15) is 76.2 Å². The first-order chi connectivity index (χ1) is 13.6. The molecule has 0 saturated heterocycles. The van der Waals surface area contributed by atoms with Gasteiger partial charge in [-0.05, 0) is 85.5 Å². The normalized spacial score (nSPS) is 31.4. The van der Waals surface area contributed by atoms with E-state index in [0.717, 1.165) is 18.4 Å². The second-order valence-corrected chi connectivity index (χ2v) is 9.46. The molecular weight excluding hydrogens is 364 g/mol. The summed E-state index contributed by atoms with van der Waals surface area (Å²) in [5.41, 5.74) is 3.17. The summed E-state index contributed by atoms with van der Waals surface area (Å²) in [5.74, 6) is 0.923. The number of hydrogen-bond acceptors (Lipinski definition) is 4. The molecule has 0 radical (unpaired) electrons. The van der Waals surface area contributed by atoms with E-state index < -0.39 is 0 Å². The van der Waals surface area contributed by atoms with E-state index in [1.165, 1.54) is 38.9 Å². The molecule has 1 aromatic rings. The molecule has 4 heteroatoms. The smallest absolute Gasteiger partial charge is 0.337 e. The zero-order chi connectivity index (χ0) is 21.4. The molecule has 0 spiro atoms. The molecule has 3 rings (SSSR count). The zero-order valence-corrected chi connectivity index (χ0v) is 18.6. The maximum atomic E-state index is 12.1. The summed E-state index contributed by atoms with van der Waals surface area (Å²) < 4.78 is 10.4. The summed E-state index contributed by atoms with van der Waals surface area (Å²) in [6.07, 6.45) is 7.87. The van der Waals surface area contributed by atoms with Gasteiger partial charge in [-0.2, -0.15) is 0 Å². The first kappa shape index (κ1) is 21.6. The van der Waals surface area contributed by atoms with E-state index in [4.69, 9.17) is 9.47 Å². The van der Waals surface area contributed by atoms with E-state index in [-0.39, 0.29) is 22.8 Å². The first-order valence-corrected chi connectivity index (χ1v) is 10.7. The quantitative estimate of drug-likeness (QED) is 0.369. The molecule has 158 valence electrons. The second kappa shape index (κ2) is 7.97. The van der Waals surface area contributed by atoms with Crippen molar-refractivity contribution in [3.8, 4) is 5.75 Å². The molecule has 1 fully saturated rings. The average molecular weight is 399 g/mol. The van der Waals surface area contributed by atoms with Crippen LogP contribution in [0.4, 0.5) is 0 Å². The summed E-state index contributed by atoms with van der Waals surface area (Å²) in [7, 11) is 1.38. The monoisotopic (exact) mass is 398 g/mol. The Balaban J connectivity index is 2.04. The first-order valence-electron chi connectivity index (χ1n) is 10.7. The van der Waals surface area contributed by atoms with Crippen molar-refractivity contribution < 1.29 is 19.1 Å². The Morgan fingerprint density at radius 3 is 2.59 bits per heavy atom. The Morgan fingerprint density at radius 2 is 1.93 bits per heavy atom. The molecule has 0 aliphatic heterocycles. The fraction of sp³-hybridized carbons (Fsp3) is 0.600. The van der Waals surface area contributed by atoms with E-state index in [0.29, 0.717) is 23.1 Å². The molecule has 0 amide bonds. The highest BCUT2D eigenvalue weighted by Gasteiger charge is 2.53. The van der Waals surface area contributed by atoms with Crippen molar-refractivity contribution in [1.29, 1.82) is 0 Å². The zero-order valence-electron chi connectivity index (χ0n) is 18.6. The van der Waals surface area contributed by atoms with E-state index in [9.17, 15) is 9.59 Å². The molecule has 4 atom stereocenters. The van der Waals surface area contributed by atoms with Crippen molar-refractivity contribution in [2.75, 3.05) is 7.11 Å². The van der Waals surface area contributed by atoms with Gasteiger partial charge in [-0.25, -0.2) is 4.79 Å². The number of methoxy groups -OCH3 is 1. The lowest BCUT2D eigenvalue weighted by Gasteiger charge is -2.58. The van der Waals surface area contributed by atoms with Crippen LogP contribution < -0.4 is 4.74 Å². The van der Waals surface area contributed by atoms with E-state index in [2.05, 4.69) is 33.8 Å². The number of fused-ring (bicyclic) bond motifs is 1. The van der Waals surface area contributed by atoms with E-state index >= 15 is 0 Å². The highest BCUT2D eigenvalue weighted by molar-refractivity contribution is 5.90. The van der Waals surface area contributed by atoms with Gasteiger partial charge in [0.1, 0.15) is 5.75 Å². The molecule has 1 aromatic carbocycles. The fourth-order valence-corrected chi connectivity index (χ4v) is 5.84. The molecular formula is C25H34O4. The predicted octanol–water partition coefficient (Wildman–Crippen LogP) is 5.74. The van der Waals surface area contributed by atoms with Crippen molar-refractivity contribution in [3.63, 3.8) is 0 Å². The van der Waals surface area contributed by atoms with Crippen molar-refractivity contribution in [1.82, 2.24) is 0 Å². The van der Waals surface area contributed by atoms with E-state index in [1.54, 1.807) is 12.1 Å². The molecule has 2 aliphatic rings. The van der Waals surface area contributed by atoms with Crippen LogP contribution in [0.2, 0.25) is 0 Å². The average Bonchev–Trinajstić information content (AvgIpc) is 2.67. The van der Waals surface area contributed by atoms with Gasteiger partial charge in [0.15, 0.2) is 0 Å². The summed E-state index contributed by atoms with van der Waals surface area (Å²) in [4.78, 5) is 23.8. The van der Waals surface area contributed by atoms with Gasteiger partial charge < -0.3 is 9.47 Å². The molecule has 0 heterocycles. The lowest BCUT2D eigenvalue weighted by atomic mass is 9.47. The Morgan fingerprint density at radius 1 is 1.21 bits per heavy atom. The van der Waals surface area contributed by atoms with Crippen molar-refractivity contribution in [2.24, 2.45) is 22.7 Å². The number of rotatable bonds is 4. The van der Waals surface area contributed by atoms with Crippen LogP contribution in [0.5, 0.6) is 5.75 Å². The minimum atomic E-state index is -0.372. The van der Waals surface area contributed by atoms with Gasteiger partial charge in [-0.1, -0.05) is 32.4 Å². The van der Waals surface area contributed by atoms with Crippen LogP contribution in [-0.4, -0.2) is 19.0 Å². The number of carbonyl (C=O) groups excluding carboxylic acids is 2. The maximum Gasteiger partial charge on any atom is 0.337 e. The fourth-order valence-electron chi connectivity index (χ4n) is 5.84. The van der Waals surface area contributed by atoms with Crippen molar-refractivity contribution in [2.45, 2.75) is 66.7 Å². The number of ether oxygens (including phenoxy) is 2. The van der Waals surface area contributed by atoms with Gasteiger partial charge in [-0.15, -0.1) is 0 Å². The Hall–Kier alpha value is -2.10. The van der Waals surface area contributed by atoms with Gasteiger partial charge in [0, 0.05) is 6.92 Å². The van der Waals surface area contributed by atoms with E-state index in [1.807, 2.05) is 6.07 Å². The lowest BCUT2D eigenvalue weighted by molar-refractivity contribution is -0.132. The van der Waals surface area contributed by atoms with Gasteiger partial charge in [0.25, 0.3) is 0 Å². The molecule has 29 heavy (non-hydrogen) atoms. The van der Waals surface area contributed by atoms with Crippen LogP contribution >= 0.6 is 0 Å². The Labute approximate surface area is 174 Å². The molecule has 4 nitrogen and oxygen atoms in total. The summed E-state index contributed by atoms with van der Waals surface area (Å²) in [5, 5.41) is 0. The number of allylic oxidation sites excluding steroid dienone is 2. The van der Waals surface area contributed by atoms with Crippen molar-refractivity contribution >= 4 is 11.9 Å². The number of esters is 2. The summed E-state index contributed by atoms with van der Waals surface area (Å²) in [6, 6.07) is 5.24. The Bertz CT molecular complexity index is 839. The number of benzene rings is 1. The topological polar surface area (TPSA) is 52.6 Å². The predicted molar refractivity (Wildman–Crippen MR) is 114 cm³/mol. The molecule has 2 aliphatic carbocycles. The molecule has 0 N–H and O–H groups in total. The largest absolute Gasteiger partial charge is 0.465 e.